The summed E-state index contributed by atoms with van der Waals surface area (Å²) in [6.07, 6.45) is 0.925. The van der Waals surface area contributed by atoms with Gasteiger partial charge >= 0.3 is 5.97 Å². The summed E-state index contributed by atoms with van der Waals surface area (Å²) in [5.41, 5.74) is 0.864. The first kappa shape index (κ1) is 15.0. The molecule has 1 heterocycles. The molecular formula is C13H17NO5S. The van der Waals surface area contributed by atoms with Crippen LogP contribution in [0, 0.1) is 0 Å². The number of nitrogens with zero attached hydrogens (tertiary/aromatic N) is 1. The Morgan fingerprint density at radius 1 is 1.40 bits per heavy atom. The SMILES string of the molecule is COCc1ccc(S(=O)(=O)N2CCC[C@@H]2C(=O)O)cc1. The number of sulfonamides is 1. The molecule has 1 aromatic carbocycles. The first-order chi connectivity index (χ1) is 9.46. The first-order valence-corrected chi connectivity index (χ1v) is 7.73. The molecule has 0 bridgehead atoms. The van der Waals surface area contributed by atoms with Crippen molar-refractivity contribution >= 4 is 16.0 Å². The maximum absolute atomic E-state index is 12.4. The van der Waals surface area contributed by atoms with Crippen molar-refractivity contribution in [2.45, 2.75) is 30.4 Å². The largest absolute Gasteiger partial charge is 0.480 e. The number of aliphatic carboxylic acids is 1. The fourth-order valence-electron chi connectivity index (χ4n) is 2.33. The van der Waals surface area contributed by atoms with E-state index in [0.717, 1.165) is 9.87 Å². The number of carboxylic acids is 1. The number of benzene rings is 1. The van der Waals surface area contributed by atoms with Gasteiger partial charge in [0.2, 0.25) is 10.0 Å². The van der Waals surface area contributed by atoms with Gasteiger partial charge in [0.15, 0.2) is 0 Å². The van der Waals surface area contributed by atoms with Crippen LogP contribution in [-0.2, 0) is 26.2 Å². The molecular weight excluding hydrogens is 282 g/mol. The molecule has 1 aromatic rings. The van der Waals surface area contributed by atoms with Crippen LogP contribution in [0.15, 0.2) is 29.2 Å². The van der Waals surface area contributed by atoms with Crippen molar-refractivity contribution in [3.8, 4) is 0 Å². The van der Waals surface area contributed by atoms with E-state index in [2.05, 4.69) is 0 Å². The average Bonchev–Trinajstić information content (AvgIpc) is 2.90. The van der Waals surface area contributed by atoms with Gasteiger partial charge in [0.05, 0.1) is 11.5 Å². The second-order valence-corrected chi connectivity index (χ2v) is 6.58. The summed E-state index contributed by atoms with van der Waals surface area (Å²) in [5, 5.41) is 9.09. The second-order valence-electron chi connectivity index (χ2n) is 4.69. The molecule has 0 saturated carbocycles. The molecule has 0 aliphatic carbocycles. The Kier molecular flexibility index (Phi) is 4.42. The summed E-state index contributed by atoms with van der Waals surface area (Å²) in [6.45, 7) is 0.654. The minimum atomic E-state index is -3.75. The highest BCUT2D eigenvalue weighted by Gasteiger charge is 2.39. The van der Waals surface area contributed by atoms with Crippen LogP contribution in [0.25, 0.3) is 0 Å². The van der Waals surface area contributed by atoms with Gasteiger partial charge in [-0.05, 0) is 30.5 Å². The van der Waals surface area contributed by atoms with Crippen molar-refractivity contribution in [1.29, 1.82) is 0 Å². The standard InChI is InChI=1S/C13H17NO5S/c1-19-9-10-4-6-11(7-5-10)20(17,18)14-8-2-3-12(14)13(15)16/h4-7,12H,2-3,8-9H2,1H3,(H,15,16)/t12-/m1/s1. The lowest BCUT2D eigenvalue weighted by molar-refractivity contribution is -0.140. The summed E-state index contributed by atoms with van der Waals surface area (Å²) in [5.74, 6) is -1.10. The van der Waals surface area contributed by atoms with Crippen molar-refractivity contribution < 1.29 is 23.1 Å². The van der Waals surface area contributed by atoms with Gasteiger partial charge in [0, 0.05) is 13.7 Å². The average molecular weight is 299 g/mol. The van der Waals surface area contributed by atoms with Crippen molar-refractivity contribution in [2.24, 2.45) is 0 Å². The van der Waals surface area contributed by atoms with Gasteiger partial charge < -0.3 is 9.84 Å². The van der Waals surface area contributed by atoms with Crippen LogP contribution in [0.5, 0.6) is 0 Å². The molecule has 1 saturated heterocycles. The molecule has 0 radical (unpaired) electrons. The van der Waals surface area contributed by atoms with Gasteiger partial charge in [-0.3, -0.25) is 4.79 Å². The third-order valence-electron chi connectivity index (χ3n) is 3.33. The Morgan fingerprint density at radius 3 is 2.60 bits per heavy atom. The third kappa shape index (κ3) is 2.84. The molecule has 1 atom stereocenters. The highest BCUT2D eigenvalue weighted by atomic mass is 32.2. The maximum Gasteiger partial charge on any atom is 0.322 e. The van der Waals surface area contributed by atoms with E-state index in [1.54, 1.807) is 19.2 Å². The van der Waals surface area contributed by atoms with Gasteiger partial charge in [0.1, 0.15) is 6.04 Å². The molecule has 1 fully saturated rings. The molecule has 2 rings (SSSR count). The summed E-state index contributed by atoms with van der Waals surface area (Å²) in [4.78, 5) is 11.2. The molecule has 6 nitrogen and oxygen atoms in total. The topological polar surface area (TPSA) is 83.9 Å². The highest BCUT2D eigenvalue weighted by Crippen LogP contribution is 2.26. The minimum absolute atomic E-state index is 0.116. The van der Waals surface area contributed by atoms with Crippen LogP contribution >= 0.6 is 0 Å². The monoisotopic (exact) mass is 299 g/mol. The lowest BCUT2D eigenvalue weighted by Gasteiger charge is -2.21. The summed E-state index contributed by atoms with van der Waals surface area (Å²) in [6, 6.07) is 5.35. The Morgan fingerprint density at radius 2 is 2.05 bits per heavy atom. The van der Waals surface area contributed by atoms with E-state index in [4.69, 9.17) is 9.84 Å². The molecule has 1 N–H and O–H groups in total. The fraction of sp³-hybridized carbons (Fsp3) is 0.462. The number of hydrogen-bond acceptors (Lipinski definition) is 4. The van der Waals surface area contributed by atoms with E-state index in [1.165, 1.54) is 12.1 Å². The van der Waals surface area contributed by atoms with Gasteiger partial charge in [-0.2, -0.15) is 4.31 Å². The molecule has 0 spiro atoms. The smallest absolute Gasteiger partial charge is 0.322 e. The van der Waals surface area contributed by atoms with Gasteiger partial charge in [-0.1, -0.05) is 12.1 Å². The molecule has 7 heteroatoms. The fourth-order valence-corrected chi connectivity index (χ4v) is 3.99. The highest BCUT2D eigenvalue weighted by molar-refractivity contribution is 7.89. The van der Waals surface area contributed by atoms with E-state index in [9.17, 15) is 13.2 Å². The van der Waals surface area contributed by atoms with E-state index in [-0.39, 0.29) is 11.4 Å². The summed E-state index contributed by atoms with van der Waals surface area (Å²) >= 11 is 0. The molecule has 20 heavy (non-hydrogen) atoms. The molecule has 1 aliphatic heterocycles. The number of carbonyl (C=O) groups is 1. The Hall–Kier alpha value is -1.44. The van der Waals surface area contributed by atoms with Crippen LogP contribution in [-0.4, -0.2) is 43.5 Å². The Balaban J connectivity index is 2.27. The third-order valence-corrected chi connectivity index (χ3v) is 5.25. The van der Waals surface area contributed by atoms with Crippen LogP contribution in [0.1, 0.15) is 18.4 Å². The van der Waals surface area contributed by atoms with E-state index < -0.39 is 22.0 Å². The quantitative estimate of drug-likeness (QED) is 0.879. The molecule has 1 aliphatic rings. The number of methoxy groups -OCH3 is 1. The van der Waals surface area contributed by atoms with Crippen LogP contribution in [0.4, 0.5) is 0 Å². The maximum atomic E-state index is 12.4. The van der Waals surface area contributed by atoms with Crippen molar-refractivity contribution in [3.63, 3.8) is 0 Å². The Bertz CT molecular complexity index is 581. The van der Waals surface area contributed by atoms with E-state index >= 15 is 0 Å². The number of ether oxygens (including phenoxy) is 1. The molecule has 0 aromatic heterocycles. The van der Waals surface area contributed by atoms with Crippen molar-refractivity contribution in [1.82, 2.24) is 4.31 Å². The zero-order chi connectivity index (χ0) is 14.8. The number of carboxylic acid groups (broad SMARTS) is 1. The van der Waals surface area contributed by atoms with Gasteiger partial charge in [0.25, 0.3) is 0 Å². The lowest BCUT2D eigenvalue weighted by Crippen LogP contribution is -2.40. The minimum Gasteiger partial charge on any atom is -0.480 e. The van der Waals surface area contributed by atoms with Crippen LogP contribution < -0.4 is 0 Å². The predicted octanol–water partition coefficient (Wildman–Crippen LogP) is 1.07. The van der Waals surface area contributed by atoms with Gasteiger partial charge in [-0.25, -0.2) is 8.42 Å². The van der Waals surface area contributed by atoms with E-state index in [1.807, 2.05) is 0 Å². The zero-order valence-electron chi connectivity index (χ0n) is 11.2. The first-order valence-electron chi connectivity index (χ1n) is 6.29. The summed E-state index contributed by atoms with van der Waals surface area (Å²) < 4.78 is 30.9. The van der Waals surface area contributed by atoms with Crippen molar-refractivity contribution in [2.75, 3.05) is 13.7 Å². The van der Waals surface area contributed by atoms with Crippen LogP contribution in [0.3, 0.4) is 0 Å². The second kappa shape index (κ2) is 5.90. The molecule has 110 valence electrons. The van der Waals surface area contributed by atoms with Gasteiger partial charge in [-0.15, -0.1) is 0 Å². The number of hydrogen-bond donors (Lipinski definition) is 1. The lowest BCUT2D eigenvalue weighted by atomic mass is 10.2. The van der Waals surface area contributed by atoms with Crippen molar-refractivity contribution in [3.05, 3.63) is 29.8 Å². The summed E-state index contributed by atoms with van der Waals surface area (Å²) in [7, 11) is -2.19. The normalized spacial score (nSPS) is 20.1. The number of rotatable bonds is 5. The Labute approximate surface area is 118 Å². The zero-order valence-corrected chi connectivity index (χ0v) is 12.0. The van der Waals surface area contributed by atoms with Crippen LogP contribution in [0.2, 0.25) is 0 Å². The molecule has 0 unspecified atom stereocenters. The predicted molar refractivity (Wildman–Crippen MR) is 71.7 cm³/mol. The molecule has 0 amide bonds. The van der Waals surface area contributed by atoms with E-state index in [0.29, 0.717) is 19.4 Å².